The number of fused-ring (bicyclic) bond motifs is 9. The molecule has 0 spiro atoms. The van der Waals surface area contributed by atoms with Crippen molar-refractivity contribution in [2.24, 2.45) is 0 Å². The maximum atomic E-state index is 2.49. The molecule has 0 amide bonds. The maximum Gasteiger partial charge on any atom is 0.0620 e. The van der Waals surface area contributed by atoms with Gasteiger partial charge >= 0.3 is 0 Å². The summed E-state index contributed by atoms with van der Waals surface area (Å²) in [5, 5.41) is 7.80. The second kappa shape index (κ2) is 11.3. The lowest BCUT2D eigenvalue weighted by Gasteiger charge is -2.15. The zero-order valence-electron chi connectivity index (χ0n) is 27.5. The van der Waals surface area contributed by atoms with Gasteiger partial charge in [-0.1, -0.05) is 133 Å². The van der Waals surface area contributed by atoms with Crippen LogP contribution in [-0.2, 0) is 0 Å². The molecule has 11 aromatic rings. The van der Waals surface area contributed by atoms with E-state index in [9.17, 15) is 0 Å². The van der Waals surface area contributed by atoms with E-state index in [2.05, 4.69) is 180 Å². The summed E-state index contributed by atoms with van der Waals surface area (Å²) in [6, 6.07) is 64.8. The van der Waals surface area contributed by atoms with Gasteiger partial charge in [-0.3, -0.25) is 0 Å². The molecule has 11 rings (SSSR count). The van der Waals surface area contributed by atoms with Crippen molar-refractivity contribution in [1.29, 1.82) is 0 Å². The number of rotatable bonds is 4. The topological polar surface area (TPSA) is 4.93 Å². The molecule has 1 nitrogen and oxygen atoms in total. The fraction of sp³-hybridized carbons (Fsp3) is 0. The Labute approximate surface area is 302 Å². The van der Waals surface area contributed by atoms with E-state index in [0.717, 1.165) is 5.69 Å². The molecule has 0 unspecified atom stereocenters. The van der Waals surface area contributed by atoms with Gasteiger partial charge < -0.3 is 4.57 Å². The van der Waals surface area contributed by atoms with Gasteiger partial charge in [0.25, 0.3) is 0 Å². The maximum absolute atomic E-state index is 2.49. The smallest absolute Gasteiger partial charge is 0.0620 e. The second-order valence-corrected chi connectivity index (χ2v) is 15.4. The van der Waals surface area contributed by atoms with Gasteiger partial charge in [0.2, 0.25) is 0 Å². The van der Waals surface area contributed by atoms with Crippen LogP contribution in [0.2, 0.25) is 0 Å². The van der Waals surface area contributed by atoms with Crippen LogP contribution in [0.1, 0.15) is 0 Å². The molecule has 0 N–H and O–H groups in total. The number of aromatic nitrogens is 1. The van der Waals surface area contributed by atoms with Crippen LogP contribution in [0.4, 0.5) is 0 Å². The van der Waals surface area contributed by atoms with E-state index in [1.165, 1.54) is 95.5 Å². The van der Waals surface area contributed by atoms with Crippen LogP contribution in [0.3, 0.4) is 0 Å². The average Bonchev–Trinajstić information content (AvgIpc) is 3.88. The summed E-state index contributed by atoms with van der Waals surface area (Å²) in [4.78, 5) is 0. The molecule has 0 aliphatic heterocycles. The van der Waals surface area contributed by atoms with Crippen LogP contribution in [0.5, 0.6) is 0 Å². The van der Waals surface area contributed by atoms with Crippen molar-refractivity contribution in [1.82, 2.24) is 4.57 Å². The Kier molecular flexibility index (Phi) is 6.36. The van der Waals surface area contributed by atoms with Gasteiger partial charge in [0.1, 0.15) is 0 Å². The second-order valence-electron chi connectivity index (χ2n) is 13.2. The molecule has 0 atom stereocenters. The molecule has 0 fully saturated rings. The van der Waals surface area contributed by atoms with E-state index in [4.69, 9.17) is 0 Å². The largest absolute Gasteiger partial charge is 0.309 e. The van der Waals surface area contributed by atoms with E-state index in [1.54, 1.807) is 0 Å². The van der Waals surface area contributed by atoms with Gasteiger partial charge in [-0.2, -0.15) is 0 Å². The van der Waals surface area contributed by atoms with Crippen LogP contribution in [0, 0.1) is 0 Å². The van der Waals surface area contributed by atoms with Gasteiger partial charge in [0, 0.05) is 67.9 Å². The van der Waals surface area contributed by atoms with Crippen molar-refractivity contribution in [2.75, 3.05) is 0 Å². The molecule has 3 aromatic heterocycles. The number of para-hydroxylation sites is 1. The first-order valence-corrected chi connectivity index (χ1v) is 19.0. The standard InChI is InChI=1S/C48H29NS2/c1-2-12-30(13-3-1)31-24-26-33(27-25-31)49-43-21-7-4-14-35(43)41-28-32(34-17-10-18-38-36-15-5-8-22-44(36)50-47(34)38)29-42(46(41)49)40-20-11-19-39-37-16-6-9-23-45(37)51-48(39)40/h1-29H. The Morgan fingerprint density at radius 1 is 0.333 bits per heavy atom. The fourth-order valence-electron chi connectivity index (χ4n) is 8.09. The Morgan fingerprint density at radius 2 is 0.882 bits per heavy atom. The number of benzene rings is 8. The lowest BCUT2D eigenvalue weighted by Crippen LogP contribution is -1.96. The number of hydrogen-bond donors (Lipinski definition) is 0. The van der Waals surface area contributed by atoms with Gasteiger partial charge in [-0.05, 0) is 64.7 Å². The van der Waals surface area contributed by atoms with E-state index in [1.807, 2.05) is 22.7 Å². The minimum atomic E-state index is 1.16. The average molecular weight is 684 g/mol. The normalized spacial score (nSPS) is 11.9. The van der Waals surface area contributed by atoms with Crippen LogP contribution in [0.25, 0.3) is 101 Å². The monoisotopic (exact) mass is 683 g/mol. The van der Waals surface area contributed by atoms with Crippen molar-refractivity contribution >= 4 is 84.8 Å². The first-order valence-electron chi connectivity index (χ1n) is 17.3. The fourth-order valence-corrected chi connectivity index (χ4v) is 10.6. The first-order chi connectivity index (χ1) is 25.3. The molecule has 51 heavy (non-hydrogen) atoms. The van der Waals surface area contributed by atoms with Crippen molar-refractivity contribution < 1.29 is 0 Å². The summed E-state index contributed by atoms with van der Waals surface area (Å²) in [6.07, 6.45) is 0. The highest BCUT2D eigenvalue weighted by atomic mass is 32.1. The summed E-state index contributed by atoms with van der Waals surface area (Å²) in [5.74, 6) is 0. The van der Waals surface area contributed by atoms with E-state index < -0.39 is 0 Å². The molecule has 8 aromatic carbocycles. The summed E-state index contributed by atoms with van der Waals surface area (Å²) in [6.45, 7) is 0. The predicted molar refractivity (Wildman–Crippen MR) is 223 cm³/mol. The highest BCUT2D eigenvalue weighted by Crippen LogP contribution is 2.48. The Balaban J connectivity index is 1.26. The van der Waals surface area contributed by atoms with Crippen LogP contribution in [0.15, 0.2) is 176 Å². The van der Waals surface area contributed by atoms with Gasteiger partial charge in [0.05, 0.1) is 11.0 Å². The van der Waals surface area contributed by atoms with Crippen molar-refractivity contribution in [3.63, 3.8) is 0 Å². The van der Waals surface area contributed by atoms with Crippen molar-refractivity contribution in [3.05, 3.63) is 176 Å². The molecule has 3 heterocycles. The molecular weight excluding hydrogens is 655 g/mol. The van der Waals surface area contributed by atoms with Crippen LogP contribution < -0.4 is 0 Å². The lowest BCUT2D eigenvalue weighted by atomic mass is 9.94. The third-order valence-electron chi connectivity index (χ3n) is 10.4. The van der Waals surface area contributed by atoms with E-state index in [-0.39, 0.29) is 0 Å². The van der Waals surface area contributed by atoms with E-state index in [0.29, 0.717) is 0 Å². The highest BCUT2D eigenvalue weighted by Gasteiger charge is 2.22. The van der Waals surface area contributed by atoms with Crippen molar-refractivity contribution in [3.8, 4) is 39.1 Å². The zero-order chi connectivity index (χ0) is 33.5. The quantitative estimate of drug-likeness (QED) is 0.174. The van der Waals surface area contributed by atoms with Crippen LogP contribution >= 0.6 is 22.7 Å². The highest BCUT2D eigenvalue weighted by molar-refractivity contribution is 7.26. The Morgan fingerprint density at radius 3 is 1.59 bits per heavy atom. The minimum absolute atomic E-state index is 1.16. The van der Waals surface area contributed by atoms with Gasteiger partial charge in [-0.15, -0.1) is 22.7 Å². The van der Waals surface area contributed by atoms with E-state index >= 15 is 0 Å². The summed E-state index contributed by atoms with van der Waals surface area (Å²) >= 11 is 3.80. The zero-order valence-corrected chi connectivity index (χ0v) is 29.1. The third-order valence-corrected chi connectivity index (χ3v) is 12.9. The third kappa shape index (κ3) is 4.39. The summed E-state index contributed by atoms with van der Waals surface area (Å²) < 4.78 is 7.80. The number of hydrogen-bond acceptors (Lipinski definition) is 2. The predicted octanol–water partition coefficient (Wildman–Crippen LogP) is 14.5. The molecular formula is C48H29NS2. The molecule has 0 saturated carbocycles. The first kappa shape index (κ1) is 28.8. The lowest BCUT2D eigenvalue weighted by molar-refractivity contribution is 1.18. The van der Waals surface area contributed by atoms with Crippen molar-refractivity contribution in [2.45, 2.75) is 0 Å². The van der Waals surface area contributed by atoms with Crippen LogP contribution in [-0.4, -0.2) is 4.57 Å². The Bertz CT molecular complexity index is 3120. The molecule has 0 aliphatic carbocycles. The molecule has 0 saturated heterocycles. The molecule has 238 valence electrons. The van der Waals surface area contributed by atoms with Gasteiger partial charge in [0.15, 0.2) is 0 Å². The molecule has 3 heteroatoms. The molecule has 0 aliphatic rings. The summed E-state index contributed by atoms with van der Waals surface area (Å²) in [5.41, 5.74) is 11.1. The number of thiophene rings is 2. The molecule has 0 bridgehead atoms. The number of nitrogens with zero attached hydrogens (tertiary/aromatic N) is 1. The SMILES string of the molecule is c1ccc(-c2ccc(-n3c4ccccc4c4cc(-c5cccc6c5sc5ccccc56)cc(-c5cccc6c5sc5ccccc56)c43)cc2)cc1. The Hall–Kier alpha value is -6.00. The van der Waals surface area contributed by atoms with Gasteiger partial charge in [-0.25, -0.2) is 0 Å². The summed E-state index contributed by atoms with van der Waals surface area (Å²) in [7, 11) is 0. The minimum Gasteiger partial charge on any atom is -0.309 e. The molecule has 0 radical (unpaired) electrons.